The summed E-state index contributed by atoms with van der Waals surface area (Å²) in [5.74, 6) is 0.858. The highest BCUT2D eigenvalue weighted by molar-refractivity contribution is 7.16. The van der Waals surface area contributed by atoms with E-state index in [0.717, 1.165) is 36.7 Å². The summed E-state index contributed by atoms with van der Waals surface area (Å²) in [7, 11) is 0. The van der Waals surface area contributed by atoms with Crippen LogP contribution >= 0.6 is 11.3 Å². The maximum atomic E-state index is 12.1. The number of nitrogens with zero attached hydrogens (tertiary/aromatic N) is 2. The van der Waals surface area contributed by atoms with Gasteiger partial charge in [0.05, 0.1) is 6.26 Å². The van der Waals surface area contributed by atoms with Crippen LogP contribution in [0.5, 0.6) is 0 Å². The van der Waals surface area contributed by atoms with Crippen LogP contribution < -0.4 is 10.6 Å². The number of piperidine rings is 1. The summed E-state index contributed by atoms with van der Waals surface area (Å²) in [6, 6.07) is 3.68. The Kier molecular flexibility index (Phi) is 4.42. The van der Waals surface area contributed by atoms with Crippen molar-refractivity contribution in [3.63, 3.8) is 0 Å². The van der Waals surface area contributed by atoms with Gasteiger partial charge in [0.1, 0.15) is 10.8 Å². The average molecular weight is 304 g/mol. The second-order valence-corrected chi connectivity index (χ2v) is 5.82. The van der Waals surface area contributed by atoms with Crippen LogP contribution in [0.15, 0.2) is 22.8 Å². The zero-order chi connectivity index (χ0) is 14.5. The summed E-state index contributed by atoms with van der Waals surface area (Å²) in [6.45, 7) is 1.79. The van der Waals surface area contributed by atoms with Crippen molar-refractivity contribution in [1.82, 2.24) is 15.5 Å². The molecule has 0 spiro atoms. The van der Waals surface area contributed by atoms with Gasteiger partial charge in [-0.05, 0) is 50.2 Å². The molecule has 3 heterocycles. The van der Waals surface area contributed by atoms with Crippen molar-refractivity contribution in [2.24, 2.45) is 5.92 Å². The van der Waals surface area contributed by atoms with Crippen molar-refractivity contribution < 1.29 is 9.21 Å². The predicted octanol–water partition coefficient (Wildman–Crippen LogP) is 2.24. The van der Waals surface area contributed by atoms with E-state index < -0.39 is 0 Å². The number of carbonyl (C=O) groups excluding carboxylic acids is 1. The third-order valence-electron chi connectivity index (χ3n) is 3.31. The highest BCUT2D eigenvalue weighted by Crippen LogP contribution is 2.20. The lowest BCUT2D eigenvalue weighted by Crippen LogP contribution is -2.34. The first-order chi connectivity index (χ1) is 10.3. The molecule has 21 heavy (non-hydrogen) atoms. The summed E-state index contributed by atoms with van der Waals surface area (Å²) in [4.78, 5) is 12.1. The van der Waals surface area contributed by atoms with E-state index in [9.17, 15) is 4.79 Å². The van der Waals surface area contributed by atoms with Crippen LogP contribution in [-0.2, 0) is 4.79 Å². The molecule has 2 aromatic rings. The van der Waals surface area contributed by atoms with Crippen molar-refractivity contribution in [3.05, 3.63) is 29.2 Å². The van der Waals surface area contributed by atoms with Gasteiger partial charge in [-0.1, -0.05) is 11.3 Å². The number of rotatable bonds is 4. The van der Waals surface area contributed by atoms with Crippen LogP contribution in [0.3, 0.4) is 0 Å². The minimum Gasteiger partial charge on any atom is -0.465 e. The van der Waals surface area contributed by atoms with Crippen molar-refractivity contribution >= 4 is 34.5 Å². The molecule has 0 unspecified atom stereocenters. The van der Waals surface area contributed by atoms with Crippen LogP contribution in [0.2, 0.25) is 0 Å². The van der Waals surface area contributed by atoms with Gasteiger partial charge in [0.2, 0.25) is 11.0 Å². The minimum absolute atomic E-state index is 0.0363. The predicted molar refractivity (Wildman–Crippen MR) is 81.8 cm³/mol. The molecule has 1 fully saturated rings. The number of amides is 1. The SMILES string of the molecule is O=C(Nc1nnc(/C=C/c2ccco2)s1)C1CCNCC1. The molecule has 0 bridgehead atoms. The molecular formula is C14H16N4O2S. The monoisotopic (exact) mass is 304 g/mol. The number of furan rings is 1. The van der Waals surface area contributed by atoms with E-state index in [1.54, 1.807) is 6.26 Å². The average Bonchev–Trinajstić information content (AvgIpc) is 3.17. The summed E-state index contributed by atoms with van der Waals surface area (Å²) in [6.07, 6.45) is 6.99. The first-order valence-corrected chi connectivity index (χ1v) is 7.69. The maximum absolute atomic E-state index is 12.1. The third-order valence-corrected chi connectivity index (χ3v) is 4.12. The van der Waals surface area contributed by atoms with Gasteiger partial charge in [-0.15, -0.1) is 10.2 Å². The van der Waals surface area contributed by atoms with E-state index in [-0.39, 0.29) is 11.8 Å². The number of nitrogens with one attached hydrogen (secondary N) is 2. The van der Waals surface area contributed by atoms with Gasteiger partial charge in [0, 0.05) is 5.92 Å². The number of anilines is 1. The van der Waals surface area contributed by atoms with Crippen LogP contribution in [-0.4, -0.2) is 29.2 Å². The Hall–Kier alpha value is -1.99. The largest absolute Gasteiger partial charge is 0.465 e. The lowest BCUT2D eigenvalue weighted by atomic mass is 9.97. The summed E-state index contributed by atoms with van der Waals surface area (Å²) >= 11 is 1.35. The maximum Gasteiger partial charge on any atom is 0.229 e. The summed E-state index contributed by atoms with van der Waals surface area (Å²) in [5, 5.41) is 15.4. The molecule has 0 atom stereocenters. The standard InChI is InChI=1S/C14H16N4O2S/c19-13(10-5-7-15-8-6-10)16-14-18-17-12(21-14)4-3-11-2-1-9-20-11/h1-4,9-10,15H,5-8H2,(H,16,18,19)/b4-3+. The molecule has 1 saturated heterocycles. The zero-order valence-electron chi connectivity index (χ0n) is 11.4. The number of aromatic nitrogens is 2. The summed E-state index contributed by atoms with van der Waals surface area (Å²) < 4.78 is 5.20. The first-order valence-electron chi connectivity index (χ1n) is 6.88. The Morgan fingerprint density at radius 3 is 3.00 bits per heavy atom. The molecule has 0 aromatic carbocycles. The number of hydrogen-bond acceptors (Lipinski definition) is 6. The second kappa shape index (κ2) is 6.64. The zero-order valence-corrected chi connectivity index (χ0v) is 12.2. The second-order valence-electron chi connectivity index (χ2n) is 4.81. The van der Waals surface area contributed by atoms with E-state index in [1.807, 2.05) is 24.3 Å². The Labute approximate surface area is 126 Å². The fourth-order valence-corrected chi connectivity index (χ4v) is 2.83. The topological polar surface area (TPSA) is 80.1 Å². The molecule has 1 aliphatic rings. The molecule has 1 aliphatic heterocycles. The normalized spacial score (nSPS) is 16.4. The minimum atomic E-state index is 0.0363. The molecule has 7 heteroatoms. The van der Waals surface area contributed by atoms with Crippen molar-refractivity contribution in [2.45, 2.75) is 12.8 Å². The molecule has 0 aliphatic carbocycles. The van der Waals surface area contributed by atoms with Crippen LogP contribution in [0.4, 0.5) is 5.13 Å². The van der Waals surface area contributed by atoms with Crippen LogP contribution in [0, 0.1) is 5.92 Å². The molecule has 0 saturated carbocycles. The Balaban J connectivity index is 1.58. The smallest absolute Gasteiger partial charge is 0.229 e. The van der Waals surface area contributed by atoms with E-state index in [2.05, 4.69) is 20.8 Å². The fourth-order valence-electron chi connectivity index (χ4n) is 2.18. The van der Waals surface area contributed by atoms with Gasteiger partial charge in [0.25, 0.3) is 0 Å². The molecule has 1 amide bonds. The first kappa shape index (κ1) is 14.0. The molecule has 2 N–H and O–H groups in total. The van der Waals surface area contributed by atoms with Crippen LogP contribution in [0.1, 0.15) is 23.6 Å². The van der Waals surface area contributed by atoms with Crippen LogP contribution in [0.25, 0.3) is 12.2 Å². The fraction of sp³-hybridized carbons (Fsp3) is 0.357. The summed E-state index contributed by atoms with van der Waals surface area (Å²) in [5.41, 5.74) is 0. The lowest BCUT2D eigenvalue weighted by molar-refractivity contribution is -0.120. The third kappa shape index (κ3) is 3.77. The Morgan fingerprint density at radius 2 is 2.24 bits per heavy atom. The number of hydrogen-bond donors (Lipinski definition) is 2. The lowest BCUT2D eigenvalue weighted by Gasteiger charge is -2.20. The molecule has 6 nitrogen and oxygen atoms in total. The molecule has 3 rings (SSSR count). The van der Waals surface area contributed by atoms with Gasteiger partial charge in [-0.2, -0.15) is 0 Å². The molecule has 110 valence electrons. The number of carbonyl (C=O) groups is 1. The van der Waals surface area contributed by atoms with E-state index in [4.69, 9.17) is 4.42 Å². The highest BCUT2D eigenvalue weighted by Gasteiger charge is 2.21. The highest BCUT2D eigenvalue weighted by atomic mass is 32.1. The van der Waals surface area contributed by atoms with Crippen molar-refractivity contribution in [2.75, 3.05) is 18.4 Å². The van der Waals surface area contributed by atoms with Gasteiger partial charge in [0.15, 0.2) is 0 Å². The molecular weight excluding hydrogens is 288 g/mol. The van der Waals surface area contributed by atoms with Gasteiger partial charge < -0.3 is 15.1 Å². The van der Waals surface area contributed by atoms with E-state index in [1.165, 1.54) is 11.3 Å². The Morgan fingerprint density at radius 1 is 1.38 bits per heavy atom. The quantitative estimate of drug-likeness (QED) is 0.905. The van der Waals surface area contributed by atoms with Gasteiger partial charge >= 0.3 is 0 Å². The van der Waals surface area contributed by atoms with E-state index in [0.29, 0.717) is 5.13 Å². The van der Waals surface area contributed by atoms with Crippen molar-refractivity contribution in [3.8, 4) is 0 Å². The molecule has 0 radical (unpaired) electrons. The van der Waals surface area contributed by atoms with Gasteiger partial charge in [-0.25, -0.2) is 0 Å². The van der Waals surface area contributed by atoms with Crippen molar-refractivity contribution in [1.29, 1.82) is 0 Å². The molecule has 2 aromatic heterocycles. The Bertz CT molecular complexity index is 615. The van der Waals surface area contributed by atoms with E-state index >= 15 is 0 Å². The van der Waals surface area contributed by atoms with Gasteiger partial charge in [-0.3, -0.25) is 4.79 Å².